The average Bonchev–Trinajstić information content (AvgIpc) is 2.36. The number of hydrogen-bond donors (Lipinski definition) is 2. The molecule has 1 aliphatic rings. The maximum absolute atomic E-state index is 12.1. The lowest BCUT2D eigenvalue weighted by atomic mass is 9.86. The fraction of sp³-hybridized carbons (Fsp3) is 0.562. The summed E-state index contributed by atoms with van der Waals surface area (Å²) in [6.07, 6.45) is 1.99. The smallest absolute Gasteiger partial charge is 0.261 e. The summed E-state index contributed by atoms with van der Waals surface area (Å²) >= 11 is 0. The van der Waals surface area contributed by atoms with Gasteiger partial charge in [0.1, 0.15) is 5.56 Å². The second-order valence-corrected chi connectivity index (χ2v) is 6.28. The molecule has 1 aromatic heterocycles. The molecule has 0 aromatic carbocycles. The number of carbonyl (C=O) groups excluding carboxylic acids is 2. The molecule has 114 valence electrons. The van der Waals surface area contributed by atoms with Crippen molar-refractivity contribution < 1.29 is 9.59 Å². The second-order valence-electron chi connectivity index (χ2n) is 6.28. The Morgan fingerprint density at radius 1 is 1.38 bits per heavy atom. The maximum atomic E-state index is 12.1. The largest absolute Gasteiger partial charge is 0.352 e. The lowest BCUT2D eigenvalue weighted by Gasteiger charge is -2.20. The van der Waals surface area contributed by atoms with Gasteiger partial charge in [-0.15, -0.1) is 0 Å². The van der Waals surface area contributed by atoms with Gasteiger partial charge in [0.2, 0.25) is 0 Å². The number of ketones is 1. The molecule has 21 heavy (non-hydrogen) atoms. The summed E-state index contributed by atoms with van der Waals surface area (Å²) in [6, 6.07) is 1.45. The molecule has 1 aliphatic carbocycles. The van der Waals surface area contributed by atoms with Crippen LogP contribution in [0.4, 0.5) is 0 Å². The first-order valence-electron chi connectivity index (χ1n) is 7.46. The molecule has 5 heteroatoms. The molecule has 2 rings (SSSR count). The SMILES string of the molecule is CC(C)CCNC(=O)c1cc2c([nH]c1=O)CC(C)CC2=O. The molecule has 1 unspecified atom stereocenters. The van der Waals surface area contributed by atoms with Gasteiger partial charge >= 0.3 is 0 Å². The molecule has 0 saturated carbocycles. The van der Waals surface area contributed by atoms with E-state index >= 15 is 0 Å². The summed E-state index contributed by atoms with van der Waals surface area (Å²) in [6.45, 7) is 6.64. The Morgan fingerprint density at radius 3 is 2.76 bits per heavy atom. The highest BCUT2D eigenvalue weighted by Gasteiger charge is 2.25. The number of aromatic amines is 1. The van der Waals surface area contributed by atoms with Crippen LogP contribution in [0.2, 0.25) is 0 Å². The Kier molecular flexibility index (Phi) is 4.60. The van der Waals surface area contributed by atoms with Crippen molar-refractivity contribution in [2.75, 3.05) is 6.54 Å². The van der Waals surface area contributed by atoms with Crippen molar-refractivity contribution in [3.8, 4) is 0 Å². The van der Waals surface area contributed by atoms with Crippen molar-refractivity contribution in [2.24, 2.45) is 11.8 Å². The van der Waals surface area contributed by atoms with Gasteiger partial charge in [0, 0.05) is 24.2 Å². The van der Waals surface area contributed by atoms with Crippen LogP contribution >= 0.6 is 0 Å². The van der Waals surface area contributed by atoms with Crippen molar-refractivity contribution in [1.29, 1.82) is 0 Å². The fourth-order valence-electron chi connectivity index (χ4n) is 2.56. The first-order valence-corrected chi connectivity index (χ1v) is 7.46. The third kappa shape index (κ3) is 3.60. The van der Waals surface area contributed by atoms with E-state index in [-0.39, 0.29) is 17.3 Å². The van der Waals surface area contributed by atoms with Gasteiger partial charge < -0.3 is 10.3 Å². The maximum Gasteiger partial charge on any atom is 0.261 e. The number of amides is 1. The minimum absolute atomic E-state index is 0.00349. The minimum atomic E-state index is -0.419. The third-order valence-electron chi connectivity index (χ3n) is 3.76. The zero-order valence-electron chi connectivity index (χ0n) is 12.8. The molecule has 0 saturated heterocycles. The molecule has 0 fully saturated rings. The highest BCUT2D eigenvalue weighted by atomic mass is 16.2. The predicted molar refractivity (Wildman–Crippen MR) is 80.7 cm³/mol. The van der Waals surface area contributed by atoms with E-state index in [2.05, 4.69) is 24.1 Å². The highest BCUT2D eigenvalue weighted by Crippen LogP contribution is 2.23. The number of carbonyl (C=O) groups is 2. The van der Waals surface area contributed by atoms with E-state index < -0.39 is 11.5 Å². The molecule has 1 heterocycles. The monoisotopic (exact) mass is 290 g/mol. The van der Waals surface area contributed by atoms with Gasteiger partial charge in [0.15, 0.2) is 5.78 Å². The zero-order chi connectivity index (χ0) is 15.6. The number of H-pyrrole nitrogens is 1. The number of fused-ring (bicyclic) bond motifs is 1. The number of aromatic nitrogens is 1. The molecule has 0 spiro atoms. The molecular formula is C16H22N2O3. The fourth-order valence-corrected chi connectivity index (χ4v) is 2.56. The molecule has 0 radical (unpaired) electrons. The Balaban J connectivity index is 2.22. The van der Waals surface area contributed by atoms with Crippen LogP contribution in [0.1, 0.15) is 60.0 Å². The highest BCUT2D eigenvalue weighted by molar-refractivity contribution is 6.01. The Hall–Kier alpha value is -1.91. The van der Waals surface area contributed by atoms with Crippen LogP contribution < -0.4 is 10.9 Å². The van der Waals surface area contributed by atoms with E-state index in [0.717, 1.165) is 6.42 Å². The molecule has 1 amide bonds. The normalized spacial score (nSPS) is 17.7. The van der Waals surface area contributed by atoms with Crippen molar-refractivity contribution in [2.45, 2.75) is 40.0 Å². The summed E-state index contributed by atoms with van der Waals surface area (Å²) in [4.78, 5) is 38.8. The van der Waals surface area contributed by atoms with Crippen LogP contribution in [0.25, 0.3) is 0 Å². The first kappa shape index (κ1) is 15.5. The number of nitrogens with one attached hydrogen (secondary N) is 2. The molecule has 0 aliphatic heterocycles. The van der Waals surface area contributed by atoms with Crippen LogP contribution in [0, 0.1) is 11.8 Å². The van der Waals surface area contributed by atoms with E-state index in [1.807, 2.05) is 6.92 Å². The quantitative estimate of drug-likeness (QED) is 0.889. The second kappa shape index (κ2) is 6.24. The number of Topliss-reactive ketones (excluding diaryl/α,β-unsaturated/α-hetero) is 1. The van der Waals surface area contributed by atoms with E-state index in [9.17, 15) is 14.4 Å². The number of hydrogen-bond acceptors (Lipinski definition) is 3. The van der Waals surface area contributed by atoms with Crippen LogP contribution in [0.5, 0.6) is 0 Å². The molecular weight excluding hydrogens is 268 g/mol. The van der Waals surface area contributed by atoms with Crippen LogP contribution in [0.15, 0.2) is 10.9 Å². The van der Waals surface area contributed by atoms with Crippen molar-refractivity contribution >= 4 is 11.7 Å². The van der Waals surface area contributed by atoms with Gasteiger partial charge in [-0.3, -0.25) is 14.4 Å². The lowest BCUT2D eigenvalue weighted by molar-refractivity contribution is 0.0950. The summed E-state index contributed by atoms with van der Waals surface area (Å²) < 4.78 is 0. The van der Waals surface area contributed by atoms with Gasteiger partial charge in [0.05, 0.1) is 0 Å². The van der Waals surface area contributed by atoms with Crippen molar-refractivity contribution in [3.63, 3.8) is 0 Å². The van der Waals surface area contributed by atoms with Gasteiger partial charge in [-0.2, -0.15) is 0 Å². The molecule has 2 N–H and O–H groups in total. The third-order valence-corrected chi connectivity index (χ3v) is 3.76. The van der Waals surface area contributed by atoms with Crippen molar-refractivity contribution in [3.05, 3.63) is 33.2 Å². The van der Waals surface area contributed by atoms with E-state index in [1.54, 1.807) is 0 Å². The Bertz CT molecular complexity index is 616. The van der Waals surface area contributed by atoms with Gasteiger partial charge in [-0.05, 0) is 30.7 Å². The van der Waals surface area contributed by atoms with Crippen LogP contribution in [0.3, 0.4) is 0 Å². The van der Waals surface area contributed by atoms with Crippen LogP contribution in [-0.4, -0.2) is 23.2 Å². The van der Waals surface area contributed by atoms with Crippen LogP contribution in [-0.2, 0) is 6.42 Å². The molecule has 5 nitrogen and oxygen atoms in total. The van der Waals surface area contributed by atoms with Gasteiger partial charge in [0.25, 0.3) is 11.5 Å². The van der Waals surface area contributed by atoms with E-state index in [4.69, 9.17) is 0 Å². The first-order chi connectivity index (χ1) is 9.88. The van der Waals surface area contributed by atoms with E-state index in [0.29, 0.717) is 36.6 Å². The summed E-state index contributed by atoms with van der Waals surface area (Å²) in [5.41, 5.74) is 0.752. The Labute approximate surface area is 124 Å². The van der Waals surface area contributed by atoms with Gasteiger partial charge in [-0.1, -0.05) is 20.8 Å². The molecule has 1 atom stereocenters. The van der Waals surface area contributed by atoms with Gasteiger partial charge in [-0.25, -0.2) is 0 Å². The summed E-state index contributed by atoms with van der Waals surface area (Å²) in [5.74, 6) is 0.295. The average molecular weight is 290 g/mol. The summed E-state index contributed by atoms with van der Waals surface area (Å²) in [5, 5.41) is 2.73. The zero-order valence-corrected chi connectivity index (χ0v) is 12.8. The predicted octanol–water partition coefficient (Wildman–Crippen LogP) is 1.92. The van der Waals surface area contributed by atoms with E-state index in [1.165, 1.54) is 6.07 Å². The standard InChI is InChI=1S/C16H22N2O3/c1-9(2)4-5-17-15(20)12-8-11-13(18-16(12)21)6-10(3)7-14(11)19/h8-10H,4-7H2,1-3H3,(H,17,20)(H,18,21). The number of pyridine rings is 1. The molecule has 0 bridgehead atoms. The number of rotatable bonds is 4. The topological polar surface area (TPSA) is 79.0 Å². The molecule has 1 aromatic rings. The lowest BCUT2D eigenvalue weighted by Crippen LogP contribution is -2.33. The summed E-state index contributed by atoms with van der Waals surface area (Å²) in [7, 11) is 0. The minimum Gasteiger partial charge on any atom is -0.352 e. The Morgan fingerprint density at radius 2 is 2.10 bits per heavy atom. The van der Waals surface area contributed by atoms with Crippen molar-refractivity contribution in [1.82, 2.24) is 10.3 Å².